The van der Waals surface area contributed by atoms with Gasteiger partial charge in [-0.15, -0.1) is 0 Å². The van der Waals surface area contributed by atoms with Crippen LogP contribution in [-0.2, 0) is 0 Å². The molecule has 0 atom stereocenters. The lowest BCUT2D eigenvalue weighted by molar-refractivity contribution is 0.475. The van der Waals surface area contributed by atoms with Gasteiger partial charge in [0, 0.05) is 5.69 Å². The van der Waals surface area contributed by atoms with Crippen molar-refractivity contribution in [1.82, 2.24) is 0 Å². The van der Waals surface area contributed by atoms with Crippen molar-refractivity contribution >= 4 is 21.6 Å². The van der Waals surface area contributed by atoms with Gasteiger partial charge in [0.05, 0.1) is 4.47 Å². The topological polar surface area (TPSA) is 35.2 Å². The Morgan fingerprint density at radius 2 is 1.76 bits per heavy atom. The van der Waals surface area contributed by atoms with E-state index in [1.54, 1.807) is 0 Å². The number of nitrogens with two attached hydrogens (primary N) is 1. The van der Waals surface area contributed by atoms with E-state index in [0.717, 1.165) is 21.5 Å². The summed E-state index contributed by atoms with van der Waals surface area (Å²) in [6, 6.07) is 11.7. The highest BCUT2D eigenvalue weighted by molar-refractivity contribution is 9.10. The predicted molar refractivity (Wildman–Crippen MR) is 74.5 cm³/mol. The van der Waals surface area contributed by atoms with Gasteiger partial charge < -0.3 is 10.5 Å². The van der Waals surface area contributed by atoms with Crippen LogP contribution in [0.4, 0.5) is 5.69 Å². The fraction of sp³-hybridized carbons (Fsp3) is 0.143. The van der Waals surface area contributed by atoms with Gasteiger partial charge in [-0.2, -0.15) is 0 Å². The second-order valence-corrected chi connectivity index (χ2v) is 4.92. The molecule has 0 aromatic heterocycles. The molecule has 0 saturated heterocycles. The zero-order valence-electron chi connectivity index (χ0n) is 9.83. The molecule has 2 rings (SSSR count). The van der Waals surface area contributed by atoms with Crippen LogP contribution in [0.5, 0.6) is 11.5 Å². The maximum atomic E-state index is 5.87. The second-order valence-electron chi connectivity index (χ2n) is 4.06. The highest BCUT2D eigenvalue weighted by Gasteiger charge is 2.05. The number of rotatable bonds is 2. The molecule has 0 radical (unpaired) electrons. The van der Waals surface area contributed by atoms with E-state index < -0.39 is 0 Å². The van der Waals surface area contributed by atoms with E-state index in [0.29, 0.717) is 5.69 Å². The first-order valence-electron chi connectivity index (χ1n) is 5.36. The Morgan fingerprint density at radius 3 is 2.47 bits per heavy atom. The minimum absolute atomic E-state index is 0.713. The lowest BCUT2D eigenvalue weighted by Crippen LogP contribution is -1.91. The van der Waals surface area contributed by atoms with Gasteiger partial charge >= 0.3 is 0 Å². The third-order valence-electron chi connectivity index (χ3n) is 2.52. The summed E-state index contributed by atoms with van der Waals surface area (Å²) in [5.74, 6) is 1.64. The number of benzene rings is 2. The van der Waals surface area contributed by atoms with Crippen LogP contribution in [0.2, 0.25) is 0 Å². The lowest BCUT2D eigenvalue weighted by Gasteiger charge is -2.11. The zero-order chi connectivity index (χ0) is 12.4. The monoisotopic (exact) mass is 291 g/mol. The van der Waals surface area contributed by atoms with Crippen molar-refractivity contribution < 1.29 is 4.74 Å². The molecule has 0 aliphatic heterocycles. The molecule has 0 saturated carbocycles. The van der Waals surface area contributed by atoms with E-state index >= 15 is 0 Å². The van der Waals surface area contributed by atoms with Crippen LogP contribution < -0.4 is 10.5 Å². The summed E-state index contributed by atoms with van der Waals surface area (Å²) in [5.41, 5.74) is 8.69. The van der Waals surface area contributed by atoms with E-state index in [1.807, 2.05) is 38.1 Å². The number of anilines is 1. The summed E-state index contributed by atoms with van der Waals surface area (Å²) in [4.78, 5) is 0. The maximum absolute atomic E-state index is 5.87. The lowest BCUT2D eigenvalue weighted by atomic mass is 10.1. The minimum Gasteiger partial charge on any atom is -0.456 e. The van der Waals surface area contributed by atoms with E-state index in [1.165, 1.54) is 5.56 Å². The second kappa shape index (κ2) is 4.80. The smallest absolute Gasteiger partial charge is 0.141 e. The van der Waals surface area contributed by atoms with Gasteiger partial charge in [0.15, 0.2) is 0 Å². The van der Waals surface area contributed by atoms with Crippen molar-refractivity contribution in [2.75, 3.05) is 5.73 Å². The maximum Gasteiger partial charge on any atom is 0.141 e. The first-order valence-corrected chi connectivity index (χ1v) is 6.15. The van der Waals surface area contributed by atoms with Crippen LogP contribution in [0.25, 0.3) is 0 Å². The van der Waals surface area contributed by atoms with Gasteiger partial charge in [-0.05, 0) is 65.2 Å². The first-order chi connectivity index (χ1) is 8.06. The molecule has 17 heavy (non-hydrogen) atoms. The Bertz CT molecular complexity index is 552. The number of halogens is 1. The third-order valence-corrected chi connectivity index (χ3v) is 3.14. The van der Waals surface area contributed by atoms with Crippen molar-refractivity contribution in [2.45, 2.75) is 13.8 Å². The van der Waals surface area contributed by atoms with E-state index in [9.17, 15) is 0 Å². The first kappa shape index (κ1) is 12.0. The molecule has 0 bridgehead atoms. The molecule has 2 nitrogen and oxygen atoms in total. The number of aryl methyl sites for hydroxylation is 2. The molecule has 3 heteroatoms. The van der Waals surface area contributed by atoms with E-state index in [2.05, 4.69) is 28.1 Å². The van der Waals surface area contributed by atoms with Crippen molar-refractivity contribution in [3.63, 3.8) is 0 Å². The molecule has 0 aliphatic rings. The largest absolute Gasteiger partial charge is 0.456 e. The molecule has 0 heterocycles. The Morgan fingerprint density at radius 1 is 1.00 bits per heavy atom. The van der Waals surface area contributed by atoms with E-state index in [4.69, 9.17) is 10.5 Å². The number of ether oxygens (including phenoxy) is 1. The highest BCUT2D eigenvalue weighted by Crippen LogP contribution is 2.32. The molecule has 0 amide bonds. The molecule has 88 valence electrons. The number of nitrogen functional groups attached to an aromatic ring is 1. The normalized spacial score (nSPS) is 10.3. The van der Waals surface area contributed by atoms with Crippen molar-refractivity contribution in [3.05, 3.63) is 52.0 Å². The van der Waals surface area contributed by atoms with Gasteiger partial charge in [0.25, 0.3) is 0 Å². The van der Waals surface area contributed by atoms with Crippen LogP contribution in [0.1, 0.15) is 11.1 Å². The molecule has 0 unspecified atom stereocenters. The highest BCUT2D eigenvalue weighted by atomic mass is 79.9. The molecule has 0 aliphatic carbocycles. The fourth-order valence-corrected chi connectivity index (χ4v) is 2.01. The Balaban J connectivity index is 2.34. The number of hydrogen-bond acceptors (Lipinski definition) is 2. The van der Waals surface area contributed by atoms with Crippen molar-refractivity contribution in [3.8, 4) is 11.5 Å². The SMILES string of the molecule is Cc1ccc(C)c(Oc2ccc(N)cc2Br)c1. The van der Waals surface area contributed by atoms with Gasteiger partial charge in [0.2, 0.25) is 0 Å². The average molecular weight is 292 g/mol. The average Bonchev–Trinajstić information content (AvgIpc) is 2.27. The molecule has 0 spiro atoms. The standard InChI is InChI=1S/C14H14BrNO/c1-9-3-4-10(2)14(7-9)17-13-6-5-11(16)8-12(13)15/h3-8H,16H2,1-2H3. The molecule has 2 aromatic carbocycles. The molecular formula is C14H14BrNO. The van der Waals surface area contributed by atoms with E-state index in [-0.39, 0.29) is 0 Å². The van der Waals surface area contributed by atoms with Gasteiger partial charge in [-0.1, -0.05) is 12.1 Å². The van der Waals surface area contributed by atoms with Crippen molar-refractivity contribution in [2.24, 2.45) is 0 Å². The van der Waals surface area contributed by atoms with Crippen LogP contribution in [0.3, 0.4) is 0 Å². The third kappa shape index (κ3) is 2.80. The van der Waals surface area contributed by atoms with Gasteiger partial charge in [-0.25, -0.2) is 0 Å². The van der Waals surface area contributed by atoms with Crippen LogP contribution in [0.15, 0.2) is 40.9 Å². The number of hydrogen-bond donors (Lipinski definition) is 1. The molecular weight excluding hydrogens is 278 g/mol. The summed E-state index contributed by atoms with van der Waals surface area (Å²) in [6.45, 7) is 4.07. The fourth-order valence-electron chi connectivity index (χ4n) is 1.54. The van der Waals surface area contributed by atoms with Crippen molar-refractivity contribution in [1.29, 1.82) is 0 Å². The summed E-state index contributed by atoms with van der Waals surface area (Å²) < 4.78 is 6.73. The van der Waals surface area contributed by atoms with Gasteiger partial charge in [0.1, 0.15) is 11.5 Å². The summed E-state index contributed by atoms with van der Waals surface area (Å²) in [7, 11) is 0. The molecule has 2 aromatic rings. The predicted octanol–water partition coefficient (Wildman–Crippen LogP) is 4.44. The van der Waals surface area contributed by atoms with Gasteiger partial charge in [-0.3, -0.25) is 0 Å². The van der Waals surface area contributed by atoms with Crippen LogP contribution in [0, 0.1) is 13.8 Å². The summed E-state index contributed by atoms with van der Waals surface area (Å²) >= 11 is 3.44. The van der Waals surface area contributed by atoms with Crippen LogP contribution >= 0.6 is 15.9 Å². The zero-order valence-corrected chi connectivity index (χ0v) is 11.4. The summed E-state index contributed by atoms with van der Waals surface area (Å²) in [5, 5.41) is 0. The Kier molecular flexibility index (Phi) is 3.38. The van der Waals surface area contributed by atoms with Crippen LogP contribution in [-0.4, -0.2) is 0 Å². The molecule has 2 N–H and O–H groups in total. The quantitative estimate of drug-likeness (QED) is 0.830. The Labute approximate surface area is 110 Å². The summed E-state index contributed by atoms with van der Waals surface area (Å²) in [6.07, 6.45) is 0. The Hall–Kier alpha value is -1.48. The minimum atomic E-state index is 0.713. The molecule has 0 fully saturated rings.